The number of likely N-dealkylation sites (tertiary alicyclic amines) is 1. The largest absolute Gasteiger partial charge is 0.445 e. The highest BCUT2D eigenvalue weighted by atomic mass is 35.5. The summed E-state index contributed by atoms with van der Waals surface area (Å²) in [6.45, 7) is 1.42. The highest BCUT2D eigenvalue weighted by molar-refractivity contribution is 7.09. The second-order valence-electron chi connectivity index (χ2n) is 8.26. The van der Waals surface area contributed by atoms with Crippen LogP contribution in [-0.2, 0) is 17.8 Å². The van der Waals surface area contributed by atoms with Gasteiger partial charge in [0.25, 0.3) is 0 Å². The summed E-state index contributed by atoms with van der Waals surface area (Å²) in [6.07, 6.45) is 1.54. The smallest absolute Gasteiger partial charge is 0.410 e. The van der Waals surface area contributed by atoms with Crippen molar-refractivity contribution >= 4 is 45.8 Å². The van der Waals surface area contributed by atoms with Crippen LogP contribution in [0.4, 0.5) is 4.79 Å². The van der Waals surface area contributed by atoms with Crippen molar-refractivity contribution in [3.8, 4) is 0 Å². The zero-order valence-electron chi connectivity index (χ0n) is 18.2. The first-order valence-electron chi connectivity index (χ1n) is 11.0. The van der Waals surface area contributed by atoms with E-state index in [2.05, 4.69) is 20.4 Å². The number of ketones is 1. The van der Waals surface area contributed by atoms with Gasteiger partial charge in [-0.1, -0.05) is 29.8 Å². The minimum Gasteiger partial charge on any atom is -0.445 e. The molecule has 0 unspecified atom stereocenters. The van der Waals surface area contributed by atoms with E-state index in [-0.39, 0.29) is 30.8 Å². The number of ether oxygens (including phenoxy) is 1. The van der Waals surface area contributed by atoms with Crippen molar-refractivity contribution in [1.82, 2.24) is 25.3 Å². The van der Waals surface area contributed by atoms with Crippen molar-refractivity contribution in [2.24, 2.45) is 0 Å². The molecule has 2 aromatic heterocycles. The van der Waals surface area contributed by atoms with Crippen LogP contribution in [0.15, 0.2) is 47.8 Å². The Labute approximate surface area is 204 Å². The van der Waals surface area contributed by atoms with Gasteiger partial charge in [-0.15, -0.1) is 11.3 Å². The number of thiazole rings is 1. The maximum absolute atomic E-state index is 12.8. The number of aromatic amines is 1. The van der Waals surface area contributed by atoms with Gasteiger partial charge in [0.05, 0.1) is 5.01 Å². The third-order valence-electron chi connectivity index (χ3n) is 5.93. The van der Waals surface area contributed by atoms with Crippen LogP contribution in [-0.4, -0.2) is 50.3 Å². The molecule has 1 amide bonds. The van der Waals surface area contributed by atoms with Gasteiger partial charge in [0.1, 0.15) is 23.3 Å². The Morgan fingerprint density at radius 2 is 1.79 bits per heavy atom. The predicted molar refractivity (Wildman–Crippen MR) is 129 cm³/mol. The molecule has 1 aliphatic rings. The van der Waals surface area contributed by atoms with E-state index in [1.165, 1.54) is 11.3 Å². The molecule has 4 aromatic rings. The third kappa shape index (κ3) is 5.10. The van der Waals surface area contributed by atoms with E-state index in [0.29, 0.717) is 23.8 Å². The summed E-state index contributed by atoms with van der Waals surface area (Å²) in [4.78, 5) is 31.5. The zero-order valence-corrected chi connectivity index (χ0v) is 19.8. The summed E-state index contributed by atoms with van der Waals surface area (Å²) in [5.41, 5.74) is 3.78. The summed E-state index contributed by atoms with van der Waals surface area (Å²) < 4.78 is 5.44. The monoisotopic (exact) mass is 495 g/mol. The van der Waals surface area contributed by atoms with Crippen LogP contribution in [0.3, 0.4) is 0 Å². The third-order valence-corrected chi connectivity index (χ3v) is 7.19. The number of nitrogens with zero attached hydrogens (tertiary/aromatic N) is 4. The normalized spacial score (nSPS) is 14.4. The van der Waals surface area contributed by atoms with Gasteiger partial charge in [-0.05, 0) is 48.2 Å². The molecule has 10 heteroatoms. The maximum atomic E-state index is 12.8. The Bertz CT molecular complexity index is 1310. The van der Waals surface area contributed by atoms with Crippen molar-refractivity contribution < 1.29 is 14.3 Å². The van der Waals surface area contributed by atoms with Gasteiger partial charge >= 0.3 is 6.09 Å². The number of hydrogen-bond donors (Lipinski definition) is 1. The van der Waals surface area contributed by atoms with Gasteiger partial charge in [-0.2, -0.15) is 15.4 Å². The van der Waals surface area contributed by atoms with Crippen LogP contribution in [0.1, 0.15) is 45.4 Å². The summed E-state index contributed by atoms with van der Waals surface area (Å²) in [5, 5.41) is 14.1. The molecule has 1 saturated heterocycles. The van der Waals surface area contributed by atoms with E-state index in [1.807, 2.05) is 35.7 Å². The quantitative estimate of drug-likeness (QED) is 0.377. The molecular weight excluding hydrogens is 474 g/mol. The van der Waals surface area contributed by atoms with Crippen LogP contribution >= 0.6 is 22.9 Å². The molecule has 174 valence electrons. The number of carbonyl (C=O) groups excluding carboxylic acids is 2. The number of rotatable bonds is 6. The van der Waals surface area contributed by atoms with Crippen LogP contribution < -0.4 is 0 Å². The fourth-order valence-electron chi connectivity index (χ4n) is 4.00. The Kier molecular flexibility index (Phi) is 6.55. The molecule has 34 heavy (non-hydrogen) atoms. The molecule has 1 fully saturated rings. The molecule has 0 aliphatic carbocycles. The van der Waals surface area contributed by atoms with Crippen molar-refractivity contribution in [1.29, 1.82) is 0 Å². The van der Waals surface area contributed by atoms with E-state index in [1.54, 1.807) is 17.0 Å². The molecule has 0 saturated carbocycles. The average Bonchev–Trinajstić information content (AvgIpc) is 3.53. The average molecular weight is 496 g/mol. The fraction of sp³-hybridized carbons (Fsp3) is 0.292. The Balaban J connectivity index is 1.12. The molecule has 1 aliphatic heterocycles. The zero-order chi connectivity index (χ0) is 23.5. The van der Waals surface area contributed by atoms with E-state index in [0.717, 1.165) is 40.0 Å². The number of H-pyrrole nitrogens is 1. The lowest BCUT2D eigenvalue weighted by Crippen LogP contribution is -2.38. The SMILES string of the molecule is O=C(Cc1ccc2n[nH]nc2c1)c1csc(C2CCN(C(=O)OCc3ccc(Cl)cc3)CC2)n1. The van der Waals surface area contributed by atoms with Gasteiger partial charge in [0.2, 0.25) is 0 Å². The molecular formula is C24H22ClN5O3S. The first-order chi connectivity index (χ1) is 16.5. The van der Waals surface area contributed by atoms with Crippen LogP contribution in [0.2, 0.25) is 5.02 Å². The number of halogens is 1. The van der Waals surface area contributed by atoms with Crippen LogP contribution in [0, 0.1) is 0 Å². The molecule has 1 N–H and O–H groups in total. The van der Waals surface area contributed by atoms with Gasteiger partial charge in [-0.25, -0.2) is 9.78 Å². The highest BCUT2D eigenvalue weighted by Crippen LogP contribution is 2.31. The molecule has 0 radical (unpaired) electrons. The van der Waals surface area contributed by atoms with Gasteiger partial charge < -0.3 is 9.64 Å². The van der Waals surface area contributed by atoms with Gasteiger partial charge in [0.15, 0.2) is 5.78 Å². The second kappa shape index (κ2) is 9.90. The lowest BCUT2D eigenvalue weighted by Gasteiger charge is -2.30. The Morgan fingerprint density at radius 3 is 2.59 bits per heavy atom. The summed E-state index contributed by atoms with van der Waals surface area (Å²) >= 11 is 7.40. The molecule has 5 rings (SSSR count). The van der Waals surface area contributed by atoms with Gasteiger partial charge in [0, 0.05) is 35.8 Å². The standard InChI is InChI=1S/C24H22ClN5O3S/c25-18-4-1-15(2-5-18)13-33-24(32)30-9-7-17(8-10-30)23-26-21(14-34-23)22(31)12-16-3-6-19-20(11-16)28-29-27-19/h1-6,11,14,17H,7-10,12-13H2,(H,27,28,29). The highest BCUT2D eigenvalue weighted by Gasteiger charge is 2.27. The number of nitrogens with one attached hydrogen (secondary N) is 1. The first kappa shape index (κ1) is 22.5. The summed E-state index contributed by atoms with van der Waals surface area (Å²) in [7, 11) is 0. The lowest BCUT2D eigenvalue weighted by molar-refractivity contribution is 0.0870. The number of fused-ring (bicyclic) bond motifs is 1. The number of aromatic nitrogens is 4. The number of hydrogen-bond acceptors (Lipinski definition) is 7. The number of Topliss-reactive ketones (excluding diaryl/α,β-unsaturated/α-hetero) is 1. The van der Waals surface area contributed by atoms with E-state index < -0.39 is 0 Å². The van der Waals surface area contributed by atoms with E-state index >= 15 is 0 Å². The summed E-state index contributed by atoms with van der Waals surface area (Å²) in [5.74, 6) is 0.215. The van der Waals surface area contributed by atoms with Crippen LogP contribution in [0.25, 0.3) is 11.0 Å². The maximum Gasteiger partial charge on any atom is 0.410 e. The minimum atomic E-state index is -0.313. The molecule has 0 bridgehead atoms. The molecule has 0 atom stereocenters. The molecule has 0 spiro atoms. The fourth-order valence-corrected chi connectivity index (χ4v) is 5.12. The van der Waals surface area contributed by atoms with Crippen molar-refractivity contribution in [3.05, 3.63) is 74.7 Å². The molecule has 2 aromatic carbocycles. The Hall–Kier alpha value is -3.30. The van der Waals surface area contributed by atoms with Crippen LogP contribution in [0.5, 0.6) is 0 Å². The molecule has 3 heterocycles. The predicted octanol–water partition coefficient (Wildman–Crippen LogP) is 5.01. The number of piperidine rings is 1. The number of amides is 1. The molecule has 8 nitrogen and oxygen atoms in total. The van der Waals surface area contributed by atoms with Crippen molar-refractivity contribution in [2.75, 3.05) is 13.1 Å². The van der Waals surface area contributed by atoms with Crippen molar-refractivity contribution in [2.45, 2.75) is 31.8 Å². The number of carbonyl (C=O) groups is 2. The Morgan fingerprint density at radius 1 is 1.06 bits per heavy atom. The van der Waals surface area contributed by atoms with E-state index in [4.69, 9.17) is 16.3 Å². The van der Waals surface area contributed by atoms with E-state index in [9.17, 15) is 9.59 Å². The summed E-state index contributed by atoms with van der Waals surface area (Å²) in [6, 6.07) is 12.8. The number of benzene rings is 2. The second-order valence-corrected chi connectivity index (χ2v) is 9.59. The first-order valence-corrected chi connectivity index (χ1v) is 12.2. The van der Waals surface area contributed by atoms with Gasteiger partial charge in [-0.3, -0.25) is 4.79 Å². The van der Waals surface area contributed by atoms with Crippen molar-refractivity contribution in [3.63, 3.8) is 0 Å². The lowest BCUT2D eigenvalue weighted by atomic mass is 9.98. The minimum absolute atomic E-state index is 0.0199. The topological polar surface area (TPSA) is 101 Å².